The smallest absolute Gasteiger partial charge is 0.265 e. The fourth-order valence-electron chi connectivity index (χ4n) is 1.85. The minimum Gasteiger partial charge on any atom is -0.381 e. The lowest BCUT2D eigenvalue weighted by Crippen LogP contribution is -2.17. The van der Waals surface area contributed by atoms with E-state index in [-0.39, 0.29) is 11.1 Å². The zero-order valence-corrected chi connectivity index (χ0v) is 8.32. The lowest BCUT2D eigenvalue weighted by Gasteiger charge is -2.22. The number of pyridine rings is 1. The van der Waals surface area contributed by atoms with Crippen LogP contribution in [0.5, 0.6) is 0 Å². The maximum absolute atomic E-state index is 11.2. The van der Waals surface area contributed by atoms with E-state index in [1.54, 1.807) is 12.3 Å². The average Bonchev–Trinajstić information content (AvgIpc) is 2.31. The zero-order chi connectivity index (χ0) is 10.7. The molecule has 4 heteroatoms. The van der Waals surface area contributed by atoms with Gasteiger partial charge >= 0.3 is 0 Å². The molecule has 1 aromatic rings. The summed E-state index contributed by atoms with van der Waals surface area (Å²) < 4.78 is 5.26. The van der Waals surface area contributed by atoms with E-state index < -0.39 is 0 Å². The second-order valence-corrected chi connectivity index (χ2v) is 3.67. The topological polar surface area (TPSA) is 65.9 Å². The van der Waals surface area contributed by atoms with Crippen molar-refractivity contribution in [3.8, 4) is 6.07 Å². The molecule has 0 radical (unpaired) electrons. The van der Waals surface area contributed by atoms with E-state index in [1.165, 1.54) is 0 Å². The number of H-pyrrole nitrogens is 1. The van der Waals surface area contributed by atoms with Gasteiger partial charge in [0.2, 0.25) is 0 Å². The quantitative estimate of drug-likeness (QED) is 0.746. The highest BCUT2D eigenvalue weighted by Crippen LogP contribution is 2.25. The third kappa shape index (κ3) is 2.08. The number of nitrogens with one attached hydrogen (secondary N) is 1. The molecule has 1 N–H and O–H groups in total. The van der Waals surface area contributed by atoms with Gasteiger partial charge in [-0.2, -0.15) is 5.26 Å². The van der Waals surface area contributed by atoms with E-state index >= 15 is 0 Å². The van der Waals surface area contributed by atoms with Crippen LogP contribution < -0.4 is 5.56 Å². The number of hydrogen-bond acceptors (Lipinski definition) is 3. The summed E-state index contributed by atoms with van der Waals surface area (Å²) in [5.74, 6) is 0.405. The van der Waals surface area contributed by atoms with E-state index in [4.69, 9.17) is 10.00 Å². The van der Waals surface area contributed by atoms with Gasteiger partial charge in [-0.3, -0.25) is 4.79 Å². The Balaban J connectivity index is 2.29. The Bertz CT molecular complexity index is 439. The van der Waals surface area contributed by atoms with Crippen molar-refractivity contribution in [1.82, 2.24) is 4.98 Å². The number of nitriles is 1. The summed E-state index contributed by atoms with van der Waals surface area (Å²) in [6.45, 7) is 1.51. The highest BCUT2D eigenvalue weighted by Gasteiger charge is 2.16. The molecule has 0 unspecified atom stereocenters. The molecule has 0 saturated carbocycles. The fraction of sp³-hybridized carbons (Fsp3) is 0.455. The van der Waals surface area contributed by atoms with Crippen LogP contribution in [0.1, 0.15) is 29.9 Å². The molecule has 1 aliphatic rings. The molecule has 1 saturated heterocycles. The van der Waals surface area contributed by atoms with Crippen LogP contribution in [0.3, 0.4) is 0 Å². The second kappa shape index (κ2) is 4.28. The number of hydrogen-bond donors (Lipinski definition) is 1. The molecule has 0 spiro atoms. The largest absolute Gasteiger partial charge is 0.381 e. The molecule has 0 aliphatic carbocycles. The molecule has 1 aromatic heterocycles. The second-order valence-electron chi connectivity index (χ2n) is 3.67. The van der Waals surface area contributed by atoms with Crippen LogP contribution in [-0.2, 0) is 4.74 Å². The summed E-state index contributed by atoms with van der Waals surface area (Å²) >= 11 is 0. The van der Waals surface area contributed by atoms with Crippen LogP contribution in [0.4, 0.5) is 0 Å². The number of aromatic nitrogens is 1. The summed E-state index contributed by atoms with van der Waals surface area (Å²) in [5, 5.41) is 8.75. The van der Waals surface area contributed by atoms with Gasteiger partial charge in [-0.1, -0.05) is 0 Å². The van der Waals surface area contributed by atoms with Gasteiger partial charge < -0.3 is 9.72 Å². The third-order valence-electron chi connectivity index (χ3n) is 2.74. The Hall–Kier alpha value is -1.60. The van der Waals surface area contributed by atoms with Crippen LogP contribution in [0.2, 0.25) is 0 Å². The van der Waals surface area contributed by atoms with Gasteiger partial charge in [-0.05, 0) is 30.4 Å². The molecule has 0 atom stereocenters. The van der Waals surface area contributed by atoms with Gasteiger partial charge in [0.1, 0.15) is 11.6 Å². The standard InChI is InChI=1S/C11H12N2O2/c12-6-9-5-10(7-13-11(9)14)8-1-3-15-4-2-8/h5,7-8H,1-4H2,(H,13,14). The summed E-state index contributed by atoms with van der Waals surface area (Å²) in [6.07, 6.45) is 3.62. The lowest BCUT2D eigenvalue weighted by molar-refractivity contribution is 0.0852. The maximum Gasteiger partial charge on any atom is 0.265 e. The molecule has 4 nitrogen and oxygen atoms in total. The first-order valence-corrected chi connectivity index (χ1v) is 5.01. The molecule has 2 rings (SSSR count). The van der Waals surface area contributed by atoms with E-state index in [1.807, 2.05) is 6.07 Å². The van der Waals surface area contributed by atoms with Gasteiger partial charge in [-0.15, -0.1) is 0 Å². The molecule has 1 fully saturated rings. The van der Waals surface area contributed by atoms with Gasteiger partial charge in [-0.25, -0.2) is 0 Å². The SMILES string of the molecule is N#Cc1cc(C2CCOCC2)c[nH]c1=O. The highest BCUT2D eigenvalue weighted by molar-refractivity contribution is 5.31. The fourth-order valence-corrected chi connectivity index (χ4v) is 1.85. The maximum atomic E-state index is 11.2. The van der Waals surface area contributed by atoms with Crippen molar-refractivity contribution in [3.63, 3.8) is 0 Å². The van der Waals surface area contributed by atoms with Crippen LogP contribution in [-0.4, -0.2) is 18.2 Å². The molecule has 0 aromatic carbocycles. The highest BCUT2D eigenvalue weighted by atomic mass is 16.5. The van der Waals surface area contributed by atoms with Crippen LogP contribution in [0.15, 0.2) is 17.1 Å². The minimum absolute atomic E-state index is 0.194. The number of rotatable bonds is 1. The van der Waals surface area contributed by atoms with Crippen molar-refractivity contribution in [1.29, 1.82) is 5.26 Å². The first-order chi connectivity index (χ1) is 7.31. The van der Waals surface area contributed by atoms with Gasteiger partial charge in [0.05, 0.1) is 0 Å². The molecule has 2 heterocycles. The van der Waals surface area contributed by atoms with Gasteiger partial charge in [0, 0.05) is 19.4 Å². The van der Waals surface area contributed by atoms with E-state index in [0.717, 1.165) is 31.6 Å². The first kappa shape index (κ1) is 9.94. The molecular weight excluding hydrogens is 192 g/mol. The molecule has 15 heavy (non-hydrogen) atoms. The third-order valence-corrected chi connectivity index (χ3v) is 2.74. The van der Waals surface area contributed by atoms with Crippen molar-refractivity contribution < 1.29 is 4.74 Å². The van der Waals surface area contributed by atoms with E-state index in [2.05, 4.69) is 4.98 Å². The monoisotopic (exact) mass is 204 g/mol. The van der Waals surface area contributed by atoms with Crippen LogP contribution in [0.25, 0.3) is 0 Å². The normalized spacial score (nSPS) is 17.3. The lowest BCUT2D eigenvalue weighted by atomic mass is 9.92. The first-order valence-electron chi connectivity index (χ1n) is 5.01. The van der Waals surface area contributed by atoms with Crippen molar-refractivity contribution in [3.05, 3.63) is 33.7 Å². The molecule has 1 aliphatic heterocycles. The van der Waals surface area contributed by atoms with E-state index in [9.17, 15) is 4.79 Å². The van der Waals surface area contributed by atoms with Crippen molar-refractivity contribution in [2.45, 2.75) is 18.8 Å². The molecule has 0 amide bonds. The summed E-state index contributed by atoms with van der Waals surface area (Å²) in [4.78, 5) is 13.8. The predicted molar refractivity (Wildman–Crippen MR) is 54.6 cm³/mol. The predicted octanol–water partition coefficient (Wildman–Crippen LogP) is 1.14. The Labute approximate surface area is 87.5 Å². The van der Waals surface area contributed by atoms with Crippen molar-refractivity contribution in [2.24, 2.45) is 0 Å². The number of aromatic amines is 1. The van der Waals surface area contributed by atoms with E-state index in [0.29, 0.717) is 5.92 Å². The van der Waals surface area contributed by atoms with Crippen molar-refractivity contribution >= 4 is 0 Å². The Morgan fingerprint density at radius 3 is 2.87 bits per heavy atom. The number of ether oxygens (including phenoxy) is 1. The summed E-state index contributed by atoms with van der Waals surface area (Å²) in [5.41, 5.74) is 0.918. The summed E-state index contributed by atoms with van der Waals surface area (Å²) in [7, 11) is 0. The minimum atomic E-state index is -0.312. The zero-order valence-electron chi connectivity index (χ0n) is 8.32. The van der Waals surface area contributed by atoms with Gasteiger partial charge in [0.15, 0.2) is 0 Å². The Morgan fingerprint density at radius 1 is 1.47 bits per heavy atom. The molecule has 0 bridgehead atoms. The molecule has 78 valence electrons. The van der Waals surface area contributed by atoms with Crippen molar-refractivity contribution in [2.75, 3.05) is 13.2 Å². The molecular formula is C11H12N2O2. The van der Waals surface area contributed by atoms with Gasteiger partial charge in [0.25, 0.3) is 5.56 Å². The Morgan fingerprint density at radius 2 is 2.20 bits per heavy atom. The van der Waals surface area contributed by atoms with Crippen LogP contribution in [0, 0.1) is 11.3 Å². The average molecular weight is 204 g/mol. The summed E-state index contributed by atoms with van der Waals surface area (Å²) in [6, 6.07) is 3.59. The van der Waals surface area contributed by atoms with Crippen LogP contribution >= 0.6 is 0 Å². The number of nitrogens with zero attached hydrogens (tertiary/aromatic N) is 1. The Kier molecular flexibility index (Phi) is 2.84.